The summed E-state index contributed by atoms with van der Waals surface area (Å²) < 4.78 is 5.39. The first-order valence-electron chi connectivity index (χ1n) is 6.84. The Labute approximate surface area is 135 Å². The highest BCUT2D eigenvalue weighted by Gasteiger charge is 2.27. The van der Waals surface area contributed by atoms with E-state index < -0.39 is 17.0 Å². The second-order valence-electron chi connectivity index (χ2n) is 5.00. The van der Waals surface area contributed by atoms with E-state index in [9.17, 15) is 19.7 Å². The van der Waals surface area contributed by atoms with Gasteiger partial charge in [0.25, 0.3) is 11.6 Å². The monoisotopic (exact) mass is 370 g/mol. The maximum Gasteiger partial charge on any atom is 0.339 e. The van der Waals surface area contributed by atoms with Gasteiger partial charge in [-0.05, 0) is 47.8 Å². The molecule has 1 atom stereocenters. The van der Waals surface area contributed by atoms with Crippen LogP contribution in [-0.2, 0) is 9.53 Å². The number of nitro benzene ring substituents is 1. The van der Waals surface area contributed by atoms with Gasteiger partial charge in [0.05, 0.1) is 15.0 Å². The number of ether oxygens (including phenoxy) is 1. The highest BCUT2D eigenvalue weighted by atomic mass is 79.9. The van der Waals surface area contributed by atoms with E-state index in [4.69, 9.17) is 4.74 Å². The van der Waals surface area contributed by atoms with Crippen LogP contribution < -0.4 is 0 Å². The van der Waals surface area contributed by atoms with Gasteiger partial charge < -0.3 is 9.64 Å². The molecule has 0 bridgehead atoms. The Morgan fingerprint density at radius 1 is 1.36 bits per heavy atom. The van der Waals surface area contributed by atoms with Crippen LogP contribution in [0.4, 0.5) is 5.69 Å². The summed E-state index contributed by atoms with van der Waals surface area (Å²) in [5.41, 5.74) is -0.191. The first-order valence-corrected chi connectivity index (χ1v) is 7.63. The van der Waals surface area contributed by atoms with E-state index in [1.165, 1.54) is 19.1 Å². The zero-order valence-corrected chi connectivity index (χ0v) is 13.5. The average molecular weight is 371 g/mol. The van der Waals surface area contributed by atoms with E-state index in [0.29, 0.717) is 13.1 Å². The van der Waals surface area contributed by atoms with Crippen LogP contribution >= 0.6 is 15.9 Å². The van der Waals surface area contributed by atoms with Crippen molar-refractivity contribution < 1.29 is 19.2 Å². The summed E-state index contributed by atoms with van der Waals surface area (Å²) in [5, 5.41) is 10.9. The minimum Gasteiger partial charge on any atom is -0.449 e. The largest absolute Gasteiger partial charge is 0.449 e. The number of amides is 1. The molecule has 0 unspecified atom stereocenters. The molecule has 8 heteroatoms. The molecule has 1 saturated heterocycles. The van der Waals surface area contributed by atoms with Gasteiger partial charge in [0, 0.05) is 19.2 Å². The fourth-order valence-corrected chi connectivity index (χ4v) is 2.64. The Morgan fingerprint density at radius 2 is 2.00 bits per heavy atom. The Bertz CT molecular complexity index is 613. The van der Waals surface area contributed by atoms with E-state index in [2.05, 4.69) is 15.9 Å². The Morgan fingerprint density at radius 3 is 2.59 bits per heavy atom. The van der Waals surface area contributed by atoms with E-state index in [0.717, 1.165) is 18.9 Å². The number of nitrogens with zero attached hydrogens (tertiary/aromatic N) is 2. The van der Waals surface area contributed by atoms with Gasteiger partial charge in [-0.25, -0.2) is 4.79 Å². The van der Waals surface area contributed by atoms with Gasteiger partial charge >= 0.3 is 5.97 Å². The van der Waals surface area contributed by atoms with E-state index in [1.54, 1.807) is 4.90 Å². The minimum absolute atomic E-state index is 0.0379. The third-order valence-corrected chi connectivity index (χ3v) is 4.10. The predicted molar refractivity (Wildman–Crippen MR) is 81.5 cm³/mol. The number of likely N-dealkylation sites (tertiary alicyclic amines) is 1. The van der Waals surface area contributed by atoms with Gasteiger partial charge in [-0.3, -0.25) is 14.9 Å². The maximum absolute atomic E-state index is 12.1. The van der Waals surface area contributed by atoms with Crippen molar-refractivity contribution in [3.05, 3.63) is 38.3 Å². The zero-order chi connectivity index (χ0) is 16.3. The molecule has 0 saturated carbocycles. The summed E-state index contributed by atoms with van der Waals surface area (Å²) in [7, 11) is 0. The van der Waals surface area contributed by atoms with Crippen LogP contribution in [-0.4, -0.2) is 40.9 Å². The van der Waals surface area contributed by atoms with Crippen LogP contribution in [0.1, 0.15) is 30.1 Å². The first-order chi connectivity index (χ1) is 10.4. The summed E-state index contributed by atoms with van der Waals surface area (Å²) in [4.78, 5) is 36.0. The Balaban J connectivity index is 2.07. The molecule has 1 fully saturated rings. The molecule has 7 nitrogen and oxygen atoms in total. The van der Waals surface area contributed by atoms with Crippen molar-refractivity contribution >= 4 is 33.5 Å². The number of esters is 1. The molecule has 2 rings (SSSR count). The molecule has 1 heterocycles. The van der Waals surface area contributed by atoms with Crippen molar-refractivity contribution in [3.63, 3.8) is 0 Å². The van der Waals surface area contributed by atoms with E-state index in [1.807, 2.05) is 0 Å². The summed E-state index contributed by atoms with van der Waals surface area (Å²) in [6.07, 6.45) is 0.990. The molecule has 1 aromatic rings. The van der Waals surface area contributed by atoms with Gasteiger partial charge in [-0.1, -0.05) is 0 Å². The zero-order valence-electron chi connectivity index (χ0n) is 12.0. The Hall–Kier alpha value is -1.96. The first kappa shape index (κ1) is 16.4. The molecular weight excluding hydrogens is 356 g/mol. The van der Waals surface area contributed by atoms with Crippen molar-refractivity contribution in [1.82, 2.24) is 4.90 Å². The molecule has 118 valence electrons. The third-order valence-electron chi connectivity index (χ3n) is 3.43. The van der Waals surface area contributed by atoms with Crippen LogP contribution in [0.25, 0.3) is 0 Å². The topological polar surface area (TPSA) is 89.7 Å². The fraction of sp³-hybridized carbons (Fsp3) is 0.429. The van der Waals surface area contributed by atoms with Crippen molar-refractivity contribution in [3.8, 4) is 0 Å². The van der Waals surface area contributed by atoms with Crippen LogP contribution in [0, 0.1) is 10.1 Å². The highest BCUT2D eigenvalue weighted by molar-refractivity contribution is 9.10. The SMILES string of the molecule is C[C@H](OC(=O)c1ccc(Br)c([N+](=O)[O-])c1)C(=O)N1CCCC1. The Kier molecular flexibility index (Phi) is 5.12. The molecule has 0 N–H and O–H groups in total. The standard InChI is InChI=1S/C14H15BrN2O5/c1-9(13(18)16-6-2-3-7-16)22-14(19)10-4-5-11(15)12(8-10)17(20)21/h4-5,8-9H,2-3,6-7H2,1H3/t9-/m0/s1. The molecule has 0 aromatic heterocycles. The van der Waals surface area contributed by atoms with E-state index >= 15 is 0 Å². The number of rotatable bonds is 4. The molecule has 0 spiro atoms. The molecule has 1 aliphatic heterocycles. The normalized spacial score (nSPS) is 15.5. The molecular formula is C14H15BrN2O5. The fourth-order valence-electron chi connectivity index (χ4n) is 2.25. The summed E-state index contributed by atoms with van der Waals surface area (Å²) in [6, 6.07) is 3.94. The number of nitro groups is 1. The molecule has 22 heavy (non-hydrogen) atoms. The average Bonchev–Trinajstić information content (AvgIpc) is 3.00. The van der Waals surface area contributed by atoms with Gasteiger partial charge in [0.1, 0.15) is 0 Å². The van der Waals surface area contributed by atoms with Crippen molar-refractivity contribution in [2.24, 2.45) is 0 Å². The summed E-state index contributed by atoms with van der Waals surface area (Å²) >= 11 is 3.04. The summed E-state index contributed by atoms with van der Waals surface area (Å²) in [5.74, 6) is -0.992. The van der Waals surface area contributed by atoms with Gasteiger partial charge in [-0.2, -0.15) is 0 Å². The molecule has 1 aromatic carbocycles. The molecule has 1 amide bonds. The third kappa shape index (κ3) is 3.62. The number of benzene rings is 1. The number of hydrogen-bond donors (Lipinski definition) is 0. The van der Waals surface area contributed by atoms with Crippen LogP contribution in [0.15, 0.2) is 22.7 Å². The van der Waals surface area contributed by atoms with Gasteiger partial charge in [0.2, 0.25) is 0 Å². The molecule has 1 aliphatic rings. The molecule has 0 aliphatic carbocycles. The summed E-state index contributed by atoms with van der Waals surface area (Å²) in [6.45, 7) is 2.85. The minimum atomic E-state index is -0.909. The number of carbonyl (C=O) groups excluding carboxylic acids is 2. The quantitative estimate of drug-likeness (QED) is 0.461. The molecule has 0 radical (unpaired) electrons. The van der Waals surface area contributed by atoms with Crippen LogP contribution in [0.3, 0.4) is 0 Å². The van der Waals surface area contributed by atoms with Crippen molar-refractivity contribution in [1.29, 1.82) is 0 Å². The lowest BCUT2D eigenvalue weighted by Gasteiger charge is -2.20. The van der Waals surface area contributed by atoms with Crippen LogP contribution in [0.5, 0.6) is 0 Å². The second-order valence-corrected chi connectivity index (χ2v) is 5.86. The van der Waals surface area contributed by atoms with Crippen LogP contribution in [0.2, 0.25) is 0 Å². The van der Waals surface area contributed by atoms with E-state index in [-0.39, 0.29) is 21.6 Å². The number of carbonyl (C=O) groups is 2. The van der Waals surface area contributed by atoms with Crippen molar-refractivity contribution in [2.45, 2.75) is 25.9 Å². The van der Waals surface area contributed by atoms with Gasteiger partial charge in [0.15, 0.2) is 6.10 Å². The lowest BCUT2D eigenvalue weighted by molar-refractivity contribution is -0.385. The maximum atomic E-state index is 12.1. The number of hydrogen-bond acceptors (Lipinski definition) is 5. The second kappa shape index (κ2) is 6.87. The lowest BCUT2D eigenvalue weighted by Crippen LogP contribution is -2.38. The highest BCUT2D eigenvalue weighted by Crippen LogP contribution is 2.26. The van der Waals surface area contributed by atoms with Gasteiger partial charge in [-0.15, -0.1) is 0 Å². The lowest BCUT2D eigenvalue weighted by atomic mass is 10.2. The predicted octanol–water partition coefficient (Wildman–Crippen LogP) is 2.53. The smallest absolute Gasteiger partial charge is 0.339 e. The number of halogens is 1. The van der Waals surface area contributed by atoms with Crippen molar-refractivity contribution in [2.75, 3.05) is 13.1 Å².